The van der Waals surface area contributed by atoms with Gasteiger partial charge in [-0.25, -0.2) is 0 Å². The van der Waals surface area contributed by atoms with Crippen molar-refractivity contribution in [3.8, 4) is 0 Å². The van der Waals surface area contributed by atoms with E-state index in [9.17, 15) is 13.2 Å². The third-order valence-electron chi connectivity index (χ3n) is 1.32. The van der Waals surface area contributed by atoms with Crippen LogP contribution in [0.25, 0.3) is 0 Å². The van der Waals surface area contributed by atoms with Gasteiger partial charge in [-0.2, -0.15) is 8.42 Å². The number of hydroxylamine groups is 2. The molecule has 14 heavy (non-hydrogen) atoms. The van der Waals surface area contributed by atoms with E-state index in [1.807, 2.05) is 0 Å². The van der Waals surface area contributed by atoms with Crippen molar-refractivity contribution in [2.75, 3.05) is 19.8 Å². The van der Waals surface area contributed by atoms with Gasteiger partial charge in [-0.3, -0.25) is 9.35 Å². The highest BCUT2D eigenvalue weighted by molar-refractivity contribution is 7.85. The number of carbonyl (C=O) groups is 1. The van der Waals surface area contributed by atoms with Gasteiger partial charge in [0.2, 0.25) is 0 Å². The first-order valence-electron chi connectivity index (χ1n) is 4.14. The normalized spacial score (nSPS) is 11.7. The van der Waals surface area contributed by atoms with E-state index in [0.717, 1.165) is 0 Å². The van der Waals surface area contributed by atoms with E-state index >= 15 is 0 Å². The molecule has 0 atom stereocenters. The van der Waals surface area contributed by atoms with Crippen molar-refractivity contribution in [1.29, 1.82) is 0 Å². The third-order valence-corrected chi connectivity index (χ3v) is 2.12. The van der Waals surface area contributed by atoms with Gasteiger partial charge in [0, 0.05) is 20.5 Å². The van der Waals surface area contributed by atoms with Gasteiger partial charge in [0.15, 0.2) is 0 Å². The van der Waals surface area contributed by atoms with E-state index < -0.39 is 16.1 Å². The molecule has 0 spiro atoms. The van der Waals surface area contributed by atoms with Gasteiger partial charge in [0.1, 0.15) is 0 Å². The van der Waals surface area contributed by atoms with Gasteiger partial charge in [0.05, 0.1) is 5.75 Å². The fraction of sp³-hybridized carbons (Fsp3) is 0.857. The Morgan fingerprint density at radius 3 is 2.36 bits per heavy atom. The van der Waals surface area contributed by atoms with Crippen LogP contribution in [0.2, 0.25) is 0 Å². The molecule has 84 valence electrons. The lowest BCUT2D eigenvalue weighted by Crippen LogP contribution is -2.18. The molecule has 0 amide bonds. The maximum Gasteiger partial charge on any atom is 0.325 e. The Labute approximate surface area is 83.5 Å². The second-order valence-electron chi connectivity index (χ2n) is 3.02. The fourth-order valence-electron chi connectivity index (χ4n) is 0.803. The van der Waals surface area contributed by atoms with Crippen LogP contribution in [0.15, 0.2) is 0 Å². The second-order valence-corrected chi connectivity index (χ2v) is 4.59. The van der Waals surface area contributed by atoms with Gasteiger partial charge >= 0.3 is 5.97 Å². The molecule has 7 heteroatoms. The summed E-state index contributed by atoms with van der Waals surface area (Å²) in [7, 11) is -0.749. The maximum absolute atomic E-state index is 10.9. The zero-order valence-corrected chi connectivity index (χ0v) is 9.08. The summed E-state index contributed by atoms with van der Waals surface area (Å²) in [6.07, 6.45) is 0.779. The Bertz CT molecular complexity index is 272. The molecule has 0 rings (SSSR count). The van der Waals surface area contributed by atoms with E-state index in [-0.39, 0.29) is 18.6 Å². The van der Waals surface area contributed by atoms with Gasteiger partial charge < -0.3 is 4.84 Å². The van der Waals surface area contributed by atoms with Crippen molar-refractivity contribution in [3.63, 3.8) is 0 Å². The lowest BCUT2D eigenvalue weighted by atomic mass is 10.2. The summed E-state index contributed by atoms with van der Waals surface area (Å²) < 4.78 is 28.9. The van der Waals surface area contributed by atoms with Gasteiger partial charge in [0.25, 0.3) is 10.1 Å². The van der Waals surface area contributed by atoms with Crippen molar-refractivity contribution in [3.05, 3.63) is 0 Å². The molecule has 0 unspecified atom stereocenters. The quantitative estimate of drug-likeness (QED) is 0.391. The molecule has 0 aliphatic heterocycles. The smallest absolute Gasteiger partial charge is 0.325 e. The molecule has 0 heterocycles. The van der Waals surface area contributed by atoms with Crippen molar-refractivity contribution in [2.45, 2.75) is 19.3 Å². The number of unbranched alkanes of at least 4 members (excludes halogenated alkanes) is 1. The molecule has 0 aromatic rings. The molecule has 0 bridgehead atoms. The number of hydrogen-bond donors (Lipinski definition) is 1. The highest BCUT2D eigenvalue weighted by atomic mass is 32.2. The number of rotatable bonds is 6. The summed E-state index contributed by atoms with van der Waals surface area (Å²) in [5.41, 5.74) is 0. The van der Waals surface area contributed by atoms with Crippen molar-refractivity contribution < 1.29 is 22.6 Å². The molecule has 1 N–H and O–H groups in total. The molecular weight excluding hydrogens is 210 g/mol. The number of nitrogens with zero attached hydrogens (tertiary/aromatic N) is 1. The molecular formula is C7H15NO5S. The Morgan fingerprint density at radius 2 is 1.93 bits per heavy atom. The number of hydrogen-bond acceptors (Lipinski definition) is 5. The monoisotopic (exact) mass is 225 g/mol. The highest BCUT2D eigenvalue weighted by Crippen LogP contribution is 2.00. The SMILES string of the molecule is CN(C)OC(=O)CCCCS(=O)(=O)O. The summed E-state index contributed by atoms with van der Waals surface area (Å²) in [5, 5.41) is 1.27. The topological polar surface area (TPSA) is 83.9 Å². The minimum Gasteiger partial charge on any atom is -0.369 e. The van der Waals surface area contributed by atoms with E-state index in [2.05, 4.69) is 4.84 Å². The molecule has 0 aliphatic rings. The first-order chi connectivity index (χ1) is 6.31. The first kappa shape index (κ1) is 13.3. The van der Waals surface area contributed by atoms with Gasteiger partial charge in [-0.15, -0.1) is 5.06 Å². The molecule has 0 saturated carbocycles. The van der Waals surface area contributed by atoms with Crippen LogP contribution in [0.3, 0.4) is 0 Å². The molecule has 0 fully saturated rings. The van der Waals surface area contributed by atoms with Crippen LogP contribution in [0, 0.1) is 0 Å². The minimum absolute atomic E-state index is 0.147. The van der Waals surface area contributed by atoms with Crippen LogP contribution in [0.1, 0.15) is 19.3 Å². The summed E-state index contributed by atoms with van der Waals surface area (Å²) in [6.45, 7) is 0. The van der Waals surface area contributed by atoms with Crippen LogP contribution in [0.5, 0.6) is 0 Å². The summed E-state index contributed by atoms with van der Waals surface area (Å²) in [6, 6.07) is 0. The van der Waals surface area contributed by atoms with E-state index in [1.54, 1.807) is 14.1 Å². The van der Waals surface area contributed by atoms with Crippen molar-refractivity contribution in [2.24, 2.45) is 0 Å². The second kappa shape index (κ2) is 5.94. The van der Waals surface area contributed by atoms with E-state index in [4.69, 9.17) is 4.55 Å². The Kier molecular flexibility index (Phi) is 5.66. The fourth-order valence-corrected chi connectivity index (χ4v) is 1.37. The molecule has 6 nitrogen and oxygen atoms in total. The lowest BCUT2D eigenvalue weighted by molar-refractivity contribution is -0.178. The van der Waals surface area contributed by atoms with Crippen LogP contribution in [-0.2, 0) is 19.8 Å². The third kappa shape index (κ3) is 9.43. The van der Waals surface area contributed by atoms with Crippen molar-refractivity contribution >= 4 is 16.1 Å². The number of carbonyl (C=O) groups excluding carboxylic acids is 1. The first-order valence-corrected chi connectivity index (χ1v) is 5.75. The van der Waals surface area contributed by atoms with Crippen LogP contribution >= 0.6 is 0 Å². The minimum atomic E-state index is -3.91. The average molecular weight is 225 g/mol. The summed E-state index contributed by atoms with van der Waals surface area (Å²) >= 11 is 0. The zero-order chi connectivity index (χ0) is 11.2. The van der Waals surface area contributed by atoms with Crippen LogP contribution in [-0.4, -0.2) is 43.9 Å². The standard InChI is InChI=1S/C7H15NO5S/c1-8(2)13-7(9)5-3-4-6-14(10,11)12/h3-6H2,1-2H3,(H,10,11,12). The predicted molar refractivity (Wildman–Crippen MR) is 50.0 cm³/mol. The molecule has 0 radical (unpaired) electrons. The zero-order valence-electron chi connectivity index (χ0n) is 8.26. The van der Waals surface area contributed by atoms with E-state index in [0.29, 0.717) is 6.42 Å². The van der Waals surface area contributed by atoms with Crippen LogP contribution in [0.4, 0.5) is 0 Å². The van der Waals surface area contributed by atoms with Crippen LogP contribution < -0.4 is 0 Å². The Morgan fingerprint density at radius 1 is 1.36 bits per heavy atom. The summed E-state index contributed by atoms with van der Waals surface area (Å²) in [4.78, 5) is 15.6. The molecule has 0 aliphatic carbocycles. The largest absolute Gasteiger partial charge is 0.369 e. The predicted octanol–water partition coefficient (Wildman–Crippen LogP) is 0.0643. The Balaban J connectivity index is 3.51. The lowest BCUT2D eigenvalue weighted by Gasteiger charge is -2.09. The van der Waals surface area contributed by atoms with Gasteiger partial charge in [-0.1, -0.05) is 0 Å². The molecule has 0 saturated heterocycles. The van der Waals surface area contributed by atoms with E-state index in [1.165, 1.54) is 5.06 Å². The van der Waals surface area contributed by atoms with Crippen molar-refractivity contribution in [1.82, 2.24) is 5.06 Å². The average Bonchev–Trinajstić information content (AvgIpc) is 1.95. The highest BCUT2D eigenvalue weighted by Gasteiger charge is 2.07. The maximum atomic E-state index is 10.9. The Hall–Kier alpha value is -0.660. The molecule has 0 aromatic carbocycles. The molecule has 0 aromatic heterocycles. The van der Waals surface area contributed by atoms with Gasteiger partial charge in [-0.05, 0) is 12.8 Å². The summed E-state index contributed by atoms with van der Waals surface area (Å²) in [5.74, 6) is -0.729.